The summed E-state index contributed by atoms with van der Waals surface area (Å²) >= 11 is 0. The third kappa shape index (κ3) is 5.08. The lowest BCUT2D eigenvalue weighted by Gasteiger charge is -2.28. The Bertz CT molecular complexity index is 755. The standard InChI is InChI=1S/C20H27N3O2/c1-2-3-14-4-6-15(7-5-14)12-16-8-10-17(11-9-16)21-18-13-19(24)23-20(25)22-18/h8-11,13-15H,2-7,12H2,1H3,(H3,21,22,23,24,25)/t14-,15-. The molecule has 0 bridgehead atoms. The minimum Gasteiger partial charge on any atom is -0.342 e. The van der Waals surface area contributed by atoms with Crippen molar-refractivity contribution in [2.45, 2.75) is 51.9 Å². The zero-order valence-corrected chi connectivity index (χ0v) is 14.8. The average Bonchev–Trinajstić information content (AvgIpc) is 2.58. The van der Waals surface area contributed by atoms with Gasteiger partial charge in [-0.25, -0.2) is 4.79 Å². The molecule has 5 heteroatoms. The molecule has 1 aromatic heterocycles. The van der Waals surface area contributed by atoms with Gasteiger partial charge < -0.3 is 5.32 Å². The number of rotatable bonds is 6. The highest BCUT2D eigenvalue weighted by atomic mass is 16.2. The molecule has 1 aliphatic rings. The normalized spacial score (nSPS) is 20.4. The van der Waals surface area contributed by atoms with Crippen LogP contribution in [0.5, 0.6) is 0 Å². The third-order valence-corrected chi connectivity index (χ3v) is 5.18. The predicted molar refractivity (Wildman–Crippen MR) is 101 cm³/mol. The van der Waals surface area contributed by atoms with Crippen LogP contribution in [0.3, 0.4) is 0 Å². The summed E-state index contributed by atoms with van der Waals surface area (Å²) < 4.78 is 0. The molecule has 0 aliphatic heterocycles. The molecule has 1 fully saturated rings. The molecular formula is C20H27N3O2. The molecule has 0 spiro atoms. The van der Waals surface area contributed by atoms with Crippen molar-refractivity contribution in [3.05, 3.63) is 56.7 Å². The molecule has 134 valence electrons. The van der Waals surface area contributed by atoms with Crippen LogP contribution in [0.15, 0.2) is 39.9 Å². The Morgan fingerprint density at radius 2 is 1.68 bits per heavy atom. The fourth-order valence-corrected chi connectivity index (χ4v) is 3.88. The summed E-state index contributed by atoms with van der Waals surface area (Å²) in [5, 5.41) is 3.06. The molecular weight excluding hydrogens is 314 g/mol. The highest BCUT2D eigenvalue weighted by molar-refractivity contribution is 5.55. The highest BCUT2D eigenvalue weighted by Gasteiger charge is 2.20. The van der Waals surface area contributed by atoms with Gasteiger partial charge in [-0.3, -0.25) is 14.8 Å². The van der Waals surface area contributed by atoms with E-state index in [1.165, 1.54) is 50.2 Å². The van der Waals surface area contributed by atoms with Gasteiger partial charge >= 0.3 is 5.69 Å². The van der Waals surface area contributed by atoms with Crippen LogP contribution in [0, 0.1) is 11.8 Å². The largest absolute Gasteiger partial charge is 0.342 e. The van der Waals surface area contributed by atoms with Gasteiger partial charge in [-0.1, -0.05) is 44.7 Å². The second-order valence-electron chi connectivity index (χ2n) is 7.20. The second-order valence-corrected chi connectivity index (χ2v) is 7.20. The number of hydrogen-bond acceptors (Lipinski definition) is 3. The van der Waals surface area contributed by atoms with Gasteiger partial charge in [-0.05, 0) is 48.8 Å². The Labute approximate surface area is 147 Å². The molecule has 1 aromatic carbocycles. The van der Waals surface area contributed by atoms with E-state index in [9.17, 15) is 9.59 Å². The fraction of sp³-hybridized carbons (Fsp3) is 0.500. The number of anilines is 2. The minimum atomic E-state index is -0.509. The van der Waals surface area contributed by atoms with Crippen LogP contribution in [0.2, 0.25) is 0 Å². The van der Waals surface area contributed by atoms with Gasteiger partial charge in [-0.2, -0.15) is 0 Å². The smallest absolute Gasteiger partial charge is 0.327 e. The molecule has 3 rings (SSSR count). The molecule has 0 radical (unpaired) electrons. The number of hydrogen-bond donors (Lipinski definition) is 3. The Balaban J connectivity index is 1.55. The number of aromatic nitrogens is 2. The van der Waals surface area contributed by atoms with Crippen LogP contribution < -0.4 is 16.6 Å². The van der Waals surface area contributed by atoms with Crippen LogP contribution in [-0.4, -0.2) is 9.97 Å². The van der Waals surface area contributed by atoms with Crippen molar-refractivity contribution in [3.8, 4) is 0 Å². The van der Waals surface area contributed by atoms with E-state index in [0.29, 0.717) is 5.82 Å². The summed E-state index contributed by atoms with van der Waals surface area (Å²) in [4.78, 5) is 27.3. The Morgan fingerprint density at radius 1 is 1.00 bits per heavy atom. The van der Waals surface area contributed by atoms with Gasteiger partial charge in [0, 0.05) is 11.8 Å². The summed E-state index contributed by atoms with van der Waals surface area (Å²) in [5.41, 5.74) is 1.28. The topological polar surface area (TPSA) is 77.8 Å². The second kappa shape index (κ2) is 8.19. The molecule has 0 atom stereocenters. The van der Waals surface area contributed by atoms with E-state index in [1.807, 2.05) is 12.1 Å². The van der Waals surface area contributed by atoms with Crippen LogP contribution in [-0.2, 0) is 6.42 Å². The summed E-state index contributed by atoms with van der Waals surface area (Å²) in [7, 11) is 0. The van der Waals surface area contributed by atoms with Gasteiger partial charge in [0.05, 0.1) is 0 Å². The molecule has 3 N–H and O–H groups in total. The van der Waals surface area contributed by atoms with Gasteiger partial charge in [0.1, 0.15) is 5.82 Å². The molecule has 1 aliphatic carbocycles. The number of aromatic amines is 2. The lowest BCUT2D eigenvalue weighted by molar-refractivity contribution is 0.261. The first-order chi connectivity index (χ1) is 12.1. The minimum absolute atomic E-state index is 0.399. The van der Waals surface area contributed by atoms with E-state index in [0.717, 1.165) is 23.9 Å². The fourth-order valence-electron chi connectivity index (χ4n) is 3.88. The zero-order chi connectivity index (χ0) is 17.6. The highest BCUT2D eigenvalue weighted by Crippen LogP contribution is 2.33. The molecule has 1 saturated carbocycles. The predicted octanol–water partition coefficient (Wildman–Crippen LogP) is 3.96. The monoisotopic (exact) mass is 341 g/mol. The lowest BCUT2D eigenvalue weighted by Crippen LogP contribution is -2.22. The van der Waals surface area contributed by atoms with Gasteiger partial charge in [-0.15, -0.1) is 0 Å². The zero-order valence-electron chi connectivity index (χ0n) is 14.8. The molecule has 0 unspecified atom stereocenters. The molecule has 0 saturated heterocycles. The van der Waals surface area contributed by atoms with Crippen LogP contribution >= 0.6 is 0 Å². The van der Waals surface area contributed by atoms with E-state index in [2.05, 4.69) is 34.3 Å². The van der Waals surface area contributed by atoms with Crippen LogP contribution in [0.25, 0.3) is 0 Å². The van der Waals surface area contributed by atoms with E-state index >= 15 is 0 Å². The Kier molecular flexibility index (Phi) is 5.74. The van der Waals surface area contributed by atoms with Gasteiger partial charge in [0.2, 0.25) is 0 Å². The van der Waals surface area contributed by atoms with Crippen molar-refractivity contribution in [3.63, 3.8) is 0 Å². The molecule has 1 heterocycles. The van der Waals surface area contributed by atoms with Crippen molar-refractivity contribution in [2.24, 2.45) is 11.8 Å². The van der Waals surface area contributed by atoms with Crippen LogP contribution in [0.4, 0.5) is 11.5 Å². The quantitative estimate of drug-likeness (QED) is 0.744. The lowest BCUT2D eigenvalue weighted by atomic mass is 9.78. The van der Waals surface area contributed by atoms with E-state index < -0.39 is 11.2 Å². The maximum Gasteiger partial charge on any atom is 0.327 e. The molecule has 2 aromatic rings. The van der Waals surface area contributed by atoms with Crippen molar-refractivity contribution in [1.82, 2.24) is 9.97 Å². The van der Waals surface area contributed by atoms with Crippen molar-refractivity contribution < 1.29 is 0 Å². The van der Waals surface area contributed by atoms with E-state index in [4.69, 9.17) is 0 Å². The SMILES string of the molecule is CCC[C@H]1CC[C@H](Cc2ccc(Nc3cc(=O)[nH]c(=O)[nH]3)cc2)CC1. The molecule has 5 nitrogen and oxygen atoms in total. The maximum atomic E-state index is 11.3. The first-order valence-corrected chi connectivity index (χ1v) is 9.32. The van der Waals surface area contributed by atoms with E-state index in [-0.39, 0.29) is 0 Å². The summed E-state index contributed by atoms with van der Waals surface area (Å²) in [6.45, 7) is 2.28. The van der Waals surface area contributed by atoms with Crippen LogP contribution in [0.1, 0.15) is 51.0 Å². The van der Waals surface area contributed by atoms with Gasteiger partial charge in [0.25, 0.3) is 5.56 Å². The summed E-state index contributed by atoms with van der Waals surface area (Å²) in [5.74, 6) is 2.15. The molecule has 25 heavy (non-hydrogen) atoms. The third-order valence-electron chi connectivity index (χ3n) is 5.18. The maximum absolute atomic E-state index is 11.3. The van der Waals surface area contributed by atoms with Crippen molar-refractivity contribution in [1.29, 1.82) is 0 Å². The number of nitrogens with one attached hydrogen (secondary N) is 3. The first-order valence-electron chi connectivity index (χ1n) is 9.32. The summed E-state index contributed by atoms with van der Waals surface area (Å²) in [6.07, 6.45) is 9.29. The Hall–Kier alpha value is -2.30. The summed E-state index contributed by atoms with van der Waals surface area (Å²) in [6, 6.07) is 9.59. The van der Waals surface area contributed by atoms with Crippen molar-refractivity contribution in [2.75, 3.05) is 5.32 Å². The average molecular weight is 341 g/mol. The number of H-pyrrole nitrogens is 2. The van der Waals surface area contributed by atoms with E-state index in [1.54, 1.807) is 0 Å². The Morgan fingerprint density at radius 3 is 2.32 bits per heavy atom. The van der Waals surface area contributed by atoms with Gasteiger partial charge in [0.15, 0.2) is 0 Å². The first kappa shape index (κ1) is 17.5. The molecule has 0 amide bonds. The number of benzene rings is 1. The van der Waals surface area contributed by atoms with Crippen molar-refractivity contribution >= 4 is 11.5 Å².